The van der Waals surface area contributed by atoms with E-state index in [0.29, 0.717) is 33.0 Å². The molecule has 0 aromatic heterocycles. The van der Waals surface area contributed by atoms with E-state index in [1.54, 1.807) is 0 Å². The molecule has 0 atom stereocenters. The molecule has 795 valence electrons. The first-order chi connectivity index (χ1) is 68.7. The monoisotopic (exact) mass is 2080 g/mol. The number of benzene rings is 10. The van der Waals surface area contributed by atoms with E-state index >= 15 is 0 Å². The minimum Gasteiger partial charge on any atom is -0.489 e. The van der Waals surface area contributed by atoms with Crippen molar-refractivity contribution in [1.29, 1.82) is 0 Å². The van der Waals surface area contributed by atoms with Crippen molar-refractivity contribution in [1.82, 2.24) is 0 Å². The lowest BCUT2D eigenvalue weighted by atomic mass is 9.77. The van der Waals surface area contributed by atoms with Gasteiger partial charge >= 0.3 is 0 Å². The Bertz CT molecular complexity index is 4090. The van der Waals surface area contributed by atoms with Gasteiger partial charge in [-0.15, -0.1) is 0 Å². The summed E-state index contributed by atoms with van der Waals surface area (Å²) in [5.41, 5.74) is 13.7. The van der Waals surface area contributed by atoms with Crippen LogP contribution in [-0.4, -0.2) is 0 Å². The van der Waals surface area contributed by atoms with Gasteiger partial charge in [-0.25, -0.2) is 0 Å². The van der Waals surface area contributed by atoms with Gasteiger partial charge in [0.05, 0.1) is 0 Å². The molecular weight excluding hydrogens is 1900 g/mol. The van der Waals surface area contributed by atoms with Gasteiger partial charge in [-0.1, -0.05) is 412 Å². The molecule has 10 aromatic carbocycles. The van der Waals surface area contributed by atoms with Gasteiger partial charge < -0.3 is 23.7 Å². The molecule has 0 saturated heterocycles. The van der Waals surface area contributed by atoms with E-state index in [4.69, 9.17) is 86.8 Å². The van der Waals surface area contributed by atoms with Crippen LogP contribution < -0.4 is 23.7 Å². The molecule has 0 aliphatic heterocycles. The summed E-state index contributed by atoms with van der Waals surface area (Å²) in [6.45, 7) is 14.5. The second kappa shape index (κ2) is 74.8. The number of hydrogen-bond acceptors (Lipinski definition) is 5. The zero-order valence-corrected chi connectivity index (χ0v) is 93.0. The summed E-state index contributed by atoms with van der Waals surface area (Å²) in [6, 6.07) is 84.1. The van der Waals surface area contributed by atoms with Crippen LogP contribution in [0.5, 0.6) is 28.7 Å². The van der Waals surface area contributed by atoms with E-state index in [0.717, 1.165) is 112 Å². The first-order valence-corrected chi connectivity index (χ1v) is 58.2. The first-order valence-electron chi connectivity index (χ1n) is 56.2. The molecule has 0 bridgehead atoms. The average Bonchev–Trinajstić information content (AvgIpc) is 0.863. The fourth-order valence-corrected chi connectivity index (χ4v) is 22.7. The number of ether oxygens (including phenoxy) is 5. The largest absolute Gasteiger partial charge is 0.489 e. The molecule has 0 spiro atoms. The van der Waals surface area contributed by atoms with Crippen LogP contribution >= 0.6 is 63.1 Å². The minimum absolute atomic E-state index is 0. The zero-order chi connectivity index (χ0) is 98.0. The van der Waals surface area contributed by atoms with Crippen molar-refractivity contribution in [3.8, 4) is 28.7 Å². The third-order valence-electron chi connectivity index (χ3n) is 31.2. The van der Waals surface area contributed by atoms with E-state index in [9.17, 15) is 0 Å². The highest BCUT2D eigenvalue weighted by atomic mass is 32.1. The Morgan fingerprint density at radius 1 is 0.166 bits per heavy atom. The number of rotatable bonds is 50. The fourth-order valence-electron chi connectivity index (χ4n) is 22.0. The van der Waals surface area contributed by atoms with Crippen molar-refractivity contribution in [2.24, 2.45) is 29.6 Å². The van der Waals surface area contributed by atoms with Crippen LogP contribution in [0.2, 0.25) is 0 Å². The molecule has 0 unspecified atom stereocenters. The summed E-state index contributed by atoms with van der Waals surface area (Å²) in [7, 11) is 0. The summed E-state index contributed by atoms with van der Waals surface area (Å²) in [5.74, 6) is 13.1. The minimum atomic E-state index is 0. The maximum Gasteiger partial charge on any atom is 0.119 e. The molecule has 5 fully saturated rings. The summed E-state index contributed by atoms with van der Waals surface area (Å²) in [6.07, 6.45) is 70.5. The van der Waals surface area contributed by atoms with E-state index in [1.807, 2.05) is 121 Å². The molecule has 15 heteroatoms. The molecule has 5 aliphatic rings. The van der Waals surface area contributed by atoms with Gasteiger partial charge in [0.25, 0.3) is 0 Å². The van der Waals surface area contributed by atoms with Crippen molar-refractivity contribution < 1.29 is 47.2 Å². The zero-order valence-electron chi connectivity index (χ0n) is 88.9. The molecule has 5 nitrogen and oxygen atoms in total. The smallest absolute Gasteiger partial charge is 0.119 e. The van der Waals surface area contributed by atoms with Crippen molar-refractivity contribution in [3.05, 3.63) is 298 Å². The fraction of sp³-hybridized carbons (Fsp3) is 0.538. The number of hydrogen-bond donors (Lipinski definition) is 0. The molecule has 0 N–H and O–H groups in total. The van der Waals surface area contributed by atoms with Crippen LogP contribution in [0.4, 0.5) is 23.5 Å². The molecule has 5 radical (unpaired) electrons. The standard InChI is InChI=1S/5C26H35OS.5FH/c5*1-2-3-4-5-6-7-21-8-12-23(13-9-21)24-14-10-22(11-15-24)20-27-25-16-18-26(28)19-17-25;;;;;/h5*10-11,14-19,21,23H,2-9,12-13,20H2,1H3;5*1H/t5*21-,23-;;;;;. The van der Waals surface area contributed by atoms with Gasteiger partial charge in [0, 0.05) is 24.5 Å². The van der Waals surface area contributed by atoms with Crippen molar-refractivity contribution in [2.45, 2.75) is 443 Å². The van der Waals surface area contributed by atoms with Crippen LogP contribution in [0.15, 0.2) is 267 Å². The molecule has 5 aliphatic carbocycles. The summed E-state index contributed by atoms with van der Waals surface area (Å²) >= 11 is 25.6. The Hall–Kier alpha value is -8.05. The maximum absolute atomic E-state index is 5.86. The van der Waals surface area contributed by atoms with E-state index in [-0.39, 0.29) is 23.5 Å². The third kappa shape index (κ3) is 49.5. The van der Waals surface area contributed by atoms with Gasteiger partial charge in [0.1, 0.15) is 61.8 Å². The van der Waals surface area contributed by atoms with Crippen LogP contribution in [-0.2, 0) is 33.0 Å². The maximum atomic E-state index is 5.86. The van der Waals surface area contributed by atoms with Crippen LogP contribution in [0.25, 0.3) is 0 Å². The predicted octanol–water partition coefficient (Wildman–Crippen LogP) is 43.0. The Morgan fingerprint density at radius 2 is 0.297 bits per heavy atom. The topological polar surface area (TPSA) is 46.2 Å². The highest BCUT2D eigenvalue weighted by molar-refractivity contribution is 7.81. The number of halogens is 5. The van der Waals surface area contributed by atoms with Crippen LogP contribution in [0, 0.1) is 29.6 Å². The van der Waals surface area contributed by atoms with Crippen molar-refractivity contribution >= 4 is 63.1 Å². The summed E-state index contributed by atoms with van der Waals surface area (Å²) < 4.78 is 29.3. The highest BCUT2D eigenvalue weighted by Crippen LogP contribution is 2.44. The van der Waals surface area contributed by atoms with Crippen LogP contribution in [0.3, 0.4) is 0 Å². The average molecular weight is 2080 g/mol. The molecular formula is C130H180F5O5S5. The normalized spacial score (nSPS) is 18.8. The molecule has 10 aromatic rings. The summed E-state index contributed by atoms with van der Waals surface area (Å²) in [4.78, 5) is 4.25. The van der Waals surface area contributed by atoms with E-state index in [1.165, 1.54) is 377 Å². The number of unbranched alkanes of at least 4 members (excludes halogenated alkanes) is 20. The second-order valence-electron chi connectivity index (χ2n) is 42.1. The quantitative estimate of drug-likeness (QED) is 0.0281. The van der Waals surface area contributed by atoms with Crippen molar-refractivity contribution in [3.63, 3.8) is 0 Å². The van der Waals surface area contributed by atoms with Gasteiger partial charge in [-0.05, 0) is 365 Å². The third-order valence-corrected chi connectivity index (χ3v) is 32.6. The molecule has 15 rings (SSSR count). The first kappa shape index (κ1) is 126. The van der Waals surface area contributed by atoms with E-state index < -0.39 is 0 Å². The van der Waals surface area contributed by atoms with Crippen molar-refractivity contribution in [2.75, 3.05) is 0 Å². The summed E-state index contributed by atoms with van der Waals surface area (Å²) in [5, 5.41) is 0. The molecule has 5 saturated carbocycles. The Kier molecular flexibility index (Phi) is 64.8. The Balaban J connectivity index is 0.000000275. The van der Waals surface area contributed by atoms with Gasteiger partial charge in [-0.2, -0.15) is 0 Å². The highest BCUT2D eigenvalue weighted by Gasteiger charge is 2.28. The lowest BCUT2D eigenvalue weighted by Crippen LogP contribution is -2.13. The van der Waals surface area contributed by atoms with E-state index in [2.05, 4.69) is 156 Å². The Morgan fingerprint density at radius 3 is 0.428 bits per heavy atom. The van der Waals surface area contributed by atoms with Crippen LogP contribution in [0.1, 0.15) is 441 Å². The van der Waals surface area contributed by atoms with Gasteiger partial charge in [0.2, 0.25) is 0 Å². The Labute approximate surface area is 902 Å². The molecule has 145 heavy (non-hydrogen) atoms. The lowest BCUT2D eigenvalue weighted by molar-refractivity contribution is 0.300. The van der Waals surface area contributed by atoms with Gasteiger partial charge in [0.15, 0.2) is 0 Å². The molecule has 0 heterocycles. The lowest BCUT2D eigenvalue weighted by Gasteiger charge is -2.29. The SMILES string of the molecule is CCCCCCC[C@H]1CC[C@H](c2ccc(COc3ccc([S])cc3)cc2)CC1.CCCCCCC[C@H]1CC[C@H](c2ccc(COc3ccc([S])cc3)cc2)CC1.CCCCCCC[C@H]1CC[C@H](c2ccc(COc3ccc([S])cc3)cc2)CC1.CCCCCCC[C@H]1CC[C@H](c2ccc(COc3ccc([S])cc3)cc2)CC1.CCCCCCC[C@H]1CC[C@H](c2ccc(COc3ccc([S])cc3)cc2)CC1.F.F.F.F.F. The predicted molar refractivity (Wildman–Crippen MR) is 618 cm³/mol. The molecule has 0 amide bonds. The van der Waals surface area contributed by atoms with Gasteiger partial charge in [-0.3, -0.25) is 23.5 Å². The second-order valence-corrected chi connectivity index (χ2v) is 44.5.